The molecule has 92 valence electrons. The van der Waals surface area contributed by atoms with E-state index in [1.807, 2.05) is 6.92 Å². The van der Waals surface area contributed by atoms with Gasteiger partial charge in [-0.25, -0.2) is 4.79 Å². The molecule has 3 heteroatoms. The highest BCUT2D eigenvalue weighted by atomic mass is 16.5. The Morgan fingerprint density at radius 2 is 2.00 bits per heavy atom. The quantitative estimate of drug-likeness (QED) is 0.868. The molecule has 1 fully saturated rings. The third-order valence-corrected chi connectivity index (χ3v) is 3.16. The van der Waals surface area contributed by atoms with Gasteiger partial charge in [-0.1, -0.05) is 29.8 Å². The molecule has 1 aromatic carbocycles. The largest absolute Gasteiger partial charge is 0.450 e. The van der Waals surface area contributed by atoms with Gasteiger partial charge in [0, 0.05) is 5.54 Å². The number of benzene rings is 1. The summed E-state index contributed by atoms with van der Waals surface area (Å²) < 4.78 is 4.92. The minimum atomic E-state index is -0.294. The molecule has 0 unspecified atom stereocenters. The summed E-state index contributed by atoms with van der Waals surface area (Å²) in [5.41, 5.74) is 2.48. The zero-order valence-corrected chi connectivity index (χ0v) is 10.5. The number of hydrogen-bond acceptors (Lipinski definition) is 2. The fourth-order valence-electron chi connectivity index (χ4n) is 1.98. The van der Waals surface area contributed by atoms with Gasteiger partial charge in [0.15, 0.2) is 0 Å². The van der Waals surface area contributed by atoms with Crippen LogP contribution in [-0.4, -0.2) is 18.2 Å². The van der Waals surface area contributed by atoms with Crippen LogP contribution in [-0.2, 0) is 11.2 Å². The lowest BCUT2D eigenvalue weighted by atomic mass is 10.0. The van der Waals surface area contributed by atoms with E-state index in [1.165, 1.54) is 11.1 Å². The topological polar surface area (TPSA) is 38.3 Å². The molecule has 0 spiro atoms. The van der Waals surface area contributed by atoms with Crippen LogP contribution in [0.4, 0.5) is 4.79 Å². The van der Waals surface area contributed by atoms with Crippen molar-refractivity contribution in [1.29, 1.82) is 0 Å². The van der Waals surface area contributed by atoms with Crippen LogP contribution in [0.25, 0.3) is 0 Å². The van der Waals surface area contributed by atoms with Gasteiger partial charge in [0.05, 0.1) is 6.61 Å². The molecule has 1 aromatic rings. The molecule has 2 rings (SSSR count). The maximum Gasteiger partial charge on any atom is 0.407 e. The average molecular weight is 233 g/mol. The van der Waals surface area contributed by atoms with E-state index in [0.717, 1.165) is 19.3 Å². The zero-order valence-electron chi connectivity index (χ0n) is 10.5. The monoisotopic (exact) mass is 233 g/mol. The van der Waals surface area contributed by atoms with Gasteiger partial charge >= 0.3 is 6.09 Å². The highest BCUT2D eigenvalue weighted by Crippen LogP contribution is 2.38. The third kappa shape index (κ3) is 3.22. The number of carbonyl (C=O) groups is 1. The normalized spacial score (nSPS) is 16.4. The van der Waals surface area contributed by atoms with Crippen LogP contribution < -0.4 is 5.32 Å². The number of amides is 1. The number of ether oxygens (including phenoxy) is 1. The summed E-state index contributed by atoms with van der Waals surface area (Å²) >= 11 is 0. The number of rotatable bonds is 4. The summed E-state index contributed by atoms with van der Waals surface area (Å²) in [6.45, 7) is 4.32. The molecule has 0 heterocycles. The highest BCUT2D eigenvalue weighted by Gasteiger charge is 2.44. The van der Waals surface area contributed by atoms with Gasteiger partial charge in [-0.05, 0) is 38.7 Å². The summed E-state index contributed by atoms with van der Waals surface area (Å²) in [6, 6.07) is 8.47. The smallest absolute Gasteiger partial charge is 0.407 e. The van der Waals surface area contributed by atoms with Crippen LogP contribution in [0.2, 0.25) is 0 Å². The Kier molecular flexibility index (Phi) is 3.36. The van der Waals surface area contributed by atoms with Crippen molar-refractivity contribution in [2.45, 2.75) is 38.6 Å². The Hall–Kier alpha value is -1.51. The second-order valence-corrected chi connectivity index (χ2v) is 4.79. The van der Waals surface area contributed by atoms with E-state index >= 15 is 0 Å². The Labute approximate surface area is 102 Å². The summed E-state index contributed by atoms with van der Waals surface area (Å²) in [4.78, 5) is 11.4. The van der Waals surface area contributed by atoms with E-state index in [4.69, 9.17) is 4.74 Å². The third-order valence-electron chi connectivity index (χ3n) is 3.16. The molecule has 0 saturated heterocycles. The minimum absolute atomic E-state index is 0.0541. The Bertz CT molecular complexity index is 393. The molecule has 3 nitrogen and oxygen atoms in total. The van der Waals surface area contributed by atoms with Crippen molar-refractivity contribution in [2.75, 3.05) is 6.61 Å². The lowest BCUT2D eigenvalue weighted by Gasteiger charge is -2.17. The molecule has 0 atom stereocenters. The van der Waals surface area contributed by atoms with Gasteiger partial charge < -0.3 is 10.1 Å². The Morgan fingerprint density at radius 1 is 1.35 bits per heavy atom. The predicted octanol–water partition coefficient (Wildman–Crippen LogP) is 2.82. The summed E-state index contributed by atoms with van der Waals surface area (Å²) in [6.07, 6.45) is 2.68. The van der Waals surface area contributed by atoms with Crippen molar-refractivity contribution in [2.24, 2.45) is 0 Å². The Balaban J connectivity index is 1.93. The lowest BCUT2D eigenvalue weighted by molar-refractivity contribution is 0.146. The SMILES string of the molecule is CCOC(=O)NC1(Cc2ccc(C)cc2)CC1. The second kappa shape index (κ2) is 4.78. The van der Waals surface area contributed by atoms with Gasteiger partial charge in [0.25, 0.3) is 0 Å². The van der Waals surface area contributed by atoms with Gasteiger partial charge in [0.2, 0.25) is 0 Å². The van der Waals surface area contributed by atoms with Crippen molar-refractivity contribution >= 4 is 6.09 Å². The molecule has 17 heavy (non-hydrogen) atoms. The van der Waals surface area contributed by atoms with Crippen LogP contribution in [0.5, 0.6) is 0 Å². The van der Waals surface area contributed by atoms with Crippen molar-refractivity contribution in [3.63, 3.8) is 0 Å². The van der Waals surface area contributed by atoms with E-state index in [2.05, 4.69) is 36.5 Å². The summed E-state index contributed by atoms with van der Waals surface area (Å²) in [5.74, 6) is 0. The van der Waals surface area contributed by atoms with Crippen molar-refractivity contribution in [3.05, 3.63) is 35.4 Å². The molecule has 0 bridgehead atoms. The number of hydrogen-bond donors (Lipinski definition) is 1. The number of nitrogens with one attached hydrogen (secondary N) is 1. The molecule has 1 amide bonds. The van der Waals surface area contributed by atoms with Gasteiger partial charge in [-0.15, -0.1) is 0 Å². The molecular formula is C14H19NO2. The maximum absolute atomic E-state index is 11.4. The molecule has 0 aliphatic heterocycles. The minimum Gasteiger partial charge on any atom is -0.450 e. The first-order valence-electron chi connectivity index (χ1n) is 6.14. The first kappa shape index (κ1) is 12.0. The zero-order chi connectivity index (χ0) is 12.3. The predicted molar refractivity (Wildman–Crippen MR) is 67.0 cm³/mol. The van der Waals surface area contributed by atoms with Crippen LogP contribution in [0, 0.1) is 6.92 Å². The van der Waals surface area contributed by atoms with Crippen molar-refractivity contribution in [3.8, 4) is 0 Å². The Morgan fingerprint density at radius 3 is 2.53 bits per heavy atom. The summed E-state index contributed by atoms with van der Waals surface area (Å²) in [7, 11) is 0. The molecule has 0 aromatic heterocycles. The van der Waals surface area contributed by atoms with Crippen molar-refractivity contribution < 1.29 is 9.53 Å². The van der Waals surface area contributed by atoms with Gasteiger partial charge in [-0.2, -0.15) is 0 Å². The second-order valence-electron chi connectivity index (χ2n) is 4.79. The van der Waals surface area contributed by atoms with Crippen molar-refractivity contribution in [1.82, 2.24) is 5.32 Å². The van der Waals surface area contributed by atoms with Crippen LogP contribution >= 0.6 is 0 Å². The molecule has 0 radical (unpaired) electrons. The first-order chi connectivity index (χ1) is 8.13. The van der Waals surface area contributed by atoms with Crippen LogP contribution in [0.1, 0.15) is 30.9 Å². The van der Waals surface area contributed by atoms with Crippen LogP contribution in [0.3, 0.4) is 0 Å². The van der Waals surface area contributed by atoms with E-state index in [1.54, 1.807) is 0 Å². The molecule has 1 aliphatic rings. The summed E-state index contributed by atoms with van der Waals surface area (Å²) in [5, 5.41) is 2.97. The highest BCUT2D eigenvalue weighted by molar-refractivity contribution is 5.69. The molecule has 1 aliphatic carbocycles. The van der Waals surface area contributed by atoms with E-state index in [0.29, 0.717) is 6.61 Å². The lowest BCUT2D eigenvalue weighted by Crippen LogP contribution is -2.38. The molecule has 1 N–H and O–H groups in total. The first-order valence-corrected chi connectivity index (χ1v) is 6.14. The maximum atomic E-state index is 11.4. The fraction of sp³-hybridized carbons (Fsp3) is 0.500. The number of alkyl carbamates (subject to hydrolysis) is 1. The van der Waals surface area contributed by atoms with Crippen LogP contribution in [0.15, 0.2) is 24.3 Å². The van der Waals surface area contributed by atoms with E-state index in [-0.39, 0.29) is 11.6 Å². The number of carbonyl (C=O) groups excluding carboxylic acids is 1. The van der Waals surface area contributed by atoms with Gasteiger partial charge in [-0.3, -0.25) is 0 Å². The molecule has 1 saturated carbocycles. The standard InChI is InChI=1S/C14H19NO2/c1-3-17-13(16)15-14(8-9-14)10-12-6-4-11(2)5-7-12/h4-7H,3,8-10H2,1-2H3,(H,15,16). The fourth-order valence-corrected chi connectivity index (χ4v) is 1.98. The van der Waals surface area contributed by atoms with E-state index < -0.39 is 0 Å². The van der Waals surface area contributed by atoms with Gasteiger partial charge in [0.1, 0.15) is 0 Å². The average Bonchev–Trinajstić information content (AvgIpc) is 3.02. The molecular weight excluding hydrogens is 214 g/mol. The number of aryl methyl sites for hydroxylation is 1. The van der Waals surface area contributed by atoms with E-state index in [9.17, 15) is 4.79 Å².